The summed E-state index contributed by atoms with van der Waals surface area (Å²) in [5.41, 5.74) is 2.35. The van der Waals surface area contributed by atoms with Gasteiger partial charge in [0.05, 0.1) is 23.9 Å². The summed E-state index contributed by atoms with van der Waals surface area (Å²) >= 11 is 7.48. The van der Waals surface area contributed by atoms with Crippen LogP contribution in [0.4, 0.5) is 0 Å². The molecule has 2 aromatic heterocycles. The van der Waals surface area contributed by atoms with Gasteiger partial charge in [-0.05, 0) is 61.1 Å². The number of rotatable bonds is 4. The molecule has 0 aromatic carbocycles. The molecule has 0 radical (unpaired) electrons. The summed E-state index contributed by atoms with van der Waals surface area (Å²) in [5.74, 6) is 0. The van der Waals surface area contributed by atoms with Crippen LogP contribution < -0.4 is 5.32 Å². The molecule has 0 saturated carbocycles. The number of aryl methyl sites for hydroxylation is 1. The highest BCUT2D eigenvalue weighted by atomic mass is 32.1. The van der Waals surface area contributed by atoms with Crippen molar-refractivity contribution < 1.29 is 4.74 Å². The minimum atomic E-state index is 0.0810. The van der Waals surface area contributed by atoms with Gasteiger partial charge in [-0.1, -0.05) is 6.07 Å². The molecule has 2 aliphatic rings. The van der Waals surface area contributed by atoms with Gasteiger partial charge in [-0.15, -0.1) is 11.3 Å². The summed E-state index contributed by atoms with van der Waals surface area (Å²) in [4.78, 5) is 8.24. The highest BCUT2D eigenvalue weighted by Crippen LogP contribution is 2.42. The molecule has 24 heavy (non-hydrogen) atoms. The second-order valence-electron chi connectivity index (χ2n) is 6.38. The van der Waals surface area contributed by atoms with Crippen molar-refractivity contribution >= 4 is 28.7 Å². The van der Waals surface area contributed by atoms with Crippen molar-refractivity contribution in [3.63, 3.8) is 0 Å². The Morgan fingerprint density at radius 3 is 3.00 bits per heavy atom. The molecule has 4 rings (SSSR count). The lowest BCUT2D eigenvalue weighted by Gasteiger charge is -2.29. The average molecular weight is 360 g/mol. The molecule has 0 bridgehead atoms. The van der Waals surface area contributed by atoms with Crippen LogP contribution in [0.2, 0.25) is 0 Å². The van der Waals surface area contributed by atoms with Crippen molar-refractivity contribution in [1.29, 1.82) is 0 Å². The van der Waals surface area contributed by atoms with Gasteiger partial charge in [0.25, 0.3) is 0 Å². The van der Waals surface area contributed by atoms with Gasteiger partial charge in [0, 0.05) is 24.2 Å². The van der Waals surface area contributed by atoms with Crippen LogP contribution in [0.5, 0.6) is 0 Å². The van der Waals surface area contributed by atoms with Crippen LogP contribution in [0.25, 0.3) is 0 Å². The van der Waals surface area contributed by atoms with E-state index >= 15 is 0 Å². The van der Waals surface area contributed by atoms with Gasteiger partial charge in [-0.3, -0.25) is 4.98 Å². The number of thiophene rings is 1. The van der Waals surface area contributed by atoms with E-state index < -0.39 is 0 Å². The Kier molecular flexibility index (Phi) is 4.52. The van der Waals surface area contributed by atoms with E-state index in [0.717, 1.165) is 36.8 Å². The van der Waals surface area contributed by atoms with E-state index in [4.69, 9.17) is 17.0 Å². The van der Waals surface area contributed by atoms with E-state index in [2.05, 4.69) is 39.6 Å². The zero-order chi connectivity index (χ0) is 16.5. The third-order valence-electron chi connectivity index (χ3n) is 4.79. The summed E-state index contributed by atoms with van der Waals surface area (Å²) in [7, 11) is 0. The lowest BCUT2D eigenvalue weighted by Crippen LogP contribution is -2.36. The van der Waals surface area contributed by atoms with Crippen LogP contribution >= 0.6 is 23.6 Å². The summed E-state index contributed by atoms with van der Waals surface area (Å²) in [6, 6.07) is 8.50. The van der Waals surface area contributed by atoms with Gasteiger partial charge in [0.15, 0.2) is 5.11 Å². The normalized spacial score (nSPS) is 26.8. The minimum Gasteiger partial charge on any atom is -0.376 e. The molecule has 0 spiro atoms. The topological polar surface area (TPSA) is 37.4 Å². The molecule has 0 unspecified atom stereocenters. The first kappa shape index (κ1) is 16.0. The zero-order valence-corrected chi connectivity index (χ0v) is 15.3. The molecule has 0 aliphatic carbocycles. The Balaban J connectivity index is 1.69. The number of hydrogen-bond acceptors (Lipinski definition) is 4. The minimum absolute atomic E-state index is 0.0810. The maximum atomic E-state index is 5.86. The third kappa shape index (κ3) is 2.94. The van der Waals surface area contributed by atoms with Crippen molar-refractivity contribution in [1.82, 2.24) is 15.2 Å². The fraction of sp³-hybridized carbons (Fsp3) is 0.444. The third-order valence-corrected chi connectivity index (χ3v) is 6.23. The van der Waals surface area contributed by atoms with Gasteiger partial charge in [0.2, 0.25) is 0 Å². The monoisotopic (exact) mass is 359 g/mol. The van der Waals surface area contributed by atoms with Crippen molar-refractivity contribution in [2.45, 2.75) is 38.0 Å². The smallest absolute Gasteiger partial charge is 0.170 e. The van der Waals surface area contributed by atoms with Crippen LogP contribution in [0.1, 0.15) is 41.1 Å². The summed E-state index contributed by atoms with van der Waals surface area (Å²) in [6.45, 7) is 3.88. The molecular weight excluding hydrogens is 338 g/mol. The van der Waals surface area contributed by atoms with E-state index in [1.807, 2.05) is 18.3 Å². The molecule has 2 aliphatic heterocycles. The zero-order valence-electron chi connectivity index (χ0n) is 13.6. The molecular formula is C18H21N3OS2. The first-order chi connectivity index (χ1) is 11.7. The predicted molar refractivity (Wildman–Crippen MR) is 100 cm³/mol. The quantitative estimate of drug-likeness (QED) is 0.844. The van der Waals surface area contributed by atoms with E-state index in [1.165, 1.54) is 10.4 Å². The number of aromatic nitrogens is 1. The summed E-state index contributed by atoms with van der Waals surface area (Å²) < 4.78 is 5.86. The van der Waals surface area contributed by atoms with E-state index in [1.54, 1.807) is 11.3 Å². The van der Waals surface area contributed by atoms with Crippen LogP contribution in [-0.4, -0.2) is 34.3 Å². The first-order valence-corrected chi connectivity index (χ1v) is 9.66. The maximum absolute atomic E-state index is 5.86. The second-order valence-corrected chi connectivity index (χ2v) is 7.72. The fourth-order valence-corrected chi connectivity index (χ4v) is 4.97. The fourth-order valence-electron chi connectivity index (χ4n) is 3.58. The van der Waals surface area contributed by atoms with Gasteiger partial charge in [0.1, 0.15) is 0 Å². The average Bonchev–Trinajstić information content (AvgIpc) is 3.31. The second kappa shape index (κ2) is 6.78. The standard InChI is InChI=1S/C18H21N3OS2/c1-12-7-10-24-17(12)16-15(14-6-2-3-8-19-14)20-18(23)21(16)11-13-5-4-9-22-13/h2-3,6-8,10,13,15-16H,4-5,9,11H2,1H3,(H,20,23)/t13-,15+,16-/m0/s1. The lowest BCUT2D eigenvalue weighted by molar-refractivity contribution is 0.0845. The summed E-state index contributed by atoms with van der Waals surface area (Å²) in [5, 5.41) is 6.47. The molecule has 6 heteroatoms. The number of hydrogen-bond donors (Lipinski definition) is 1. The van der Waals surface area contributed by atoms with E-state index in [0.29, 0.717) is 0 Å². The molecule has 2 aromatic rings. The van der Waals surface area contributed by atoms with Crippen molar-refractivity contribution in [2.24, 2.45) is 0 Å². The Hall–Kier alpha value is -1.50. The van der Waals surface area contributed by atoms with Gasteiger partial charge >= 0.3 is 0 Å². The van der Waals surface area contributed by atoms with Gasteiger partial charge in [-0.25, -0.2) is 0 Å². The molecule has 3 atom stereocenters. The molecule has 2 saturated heterocycles. The first-order valence-electron chi connectivity index (χ1n) is 8.37. The molecule has 0 amide bonds. The number of ether oxygens (including phenoxy) is 1. The lowest BCUT2D eigenvalue weighted by atomic mass is 10.0. The van der Waals surface area contributed by atoms with Crippen LogP contribution in [0.3, 0.4) is 0 Å². The van der Waals surface area contributed by atoms with Gasteiger partial charge in [-0.2, -0.15) is 0 Å². The highest BCUT2D eigenvalue weighted by Gasteiger charge is 2.42. The van der Waals surface area contributed by atoms with Crippen molar-refractivity contribution in [3.05, 3.63) is 52.0 Å². The van der Waals surface area contributed by atoms with Crippen molar-refractivity contribution in [2.75, 3.05) is 13.2 Å². The highest BCUT2D eigenvalue weighted by molar-refractivity contribution is 7.80. The molecule has 4 nitrogen and oxygen atoms in total. The van der Waals surface area contributed by atoms with Crippen LogP contribution in [0.15, 0.2) is 35.8 Å². The van der Waals surface area contributed by atoms with Crippen molar-refractivity contribution in [3.8, 4) is 0 Å². The van der Waals surface area contributed by atoms with Gasteiger partial charge < -0.3 is 15.0 Å². The SMILES string of the molecule is Cc1ccsc1[C@@H]1[C@@H](c2ccccn2)NC(=S)N1C[C@@H]1CCCO1. The Morgan fingerprint density at radius 1 is 1.42 bits per heavy atom. The molecule has 126 valence electrons. The molecule has 1 N–H and O–H groups in total. The Bertz CT molecular complexity index is 712. The largest absolute Gasteiger partial charge is 0.376 e. The van der Waals surface area contributed by atoms with E-state index in [-0.39, 0.29) is 18.2 Å². The van der Waals surface area contributed by atoms with E-state index in [9.17, 15) is 0 Å². The molecule has 2 fully saturated rings. The maximum Gasteiger partial charge on any atom is 0.170 e. The number of pyridine rings is 1. The predicted octanol–water partition coefficient (Wildman–Crippen LogP) is 3.60. The number of nitrogens with zero attached hydrogens (tertiary/aromatic N) is 2. The Labute approximate surface area is 151 Å². The molecule has 4 heterocycles. The number of thiocarbonyl (C=S) groups is 1. The number of nitrogens with one attached hydrogen (secondary N) is 1. The Morgan fingerprint density at radius 2 is 2.33 bits per heavy atom. The van der Waals surface area contributed by atoms with Crippen LogP contribution in [0, 0.1) is 6.92 Å². The van der Waals surface area contributed by atoms with Crippen LogP contribution in [-0.2, 0) is 4.74 Å². The summed E-state index contributed by atoms with van der Waals surface area (Å²) in [6.07, 6.45) is 4.38.